The van der Waals surface area contributed by atoms with Crippen LogP contribution in [0, 0.1) is 6.92 Å². The Bertz CT molecular complexity index is 1240. The number of hydrogen-bond acceptors (Lipinski definition) is 3. The zero-order valence-corrected chi connectivity index (χ0v) is 18.5. The normalized spacial score (nSPS) is 10.7. The van der Waals surface area contributed by atoms with Crippen LogP contribution in [0.4, 0.5) is 0 Å². The van der Waals surface area contributed by atoms with Crippen LogP contribution in [0.5, 0.6) is 11.5 Å². The number of nitrogens with two attached hydrogens (primary N) is 1. The summed E-state index contributed by atoms with van der Waals surface area (Å²) in [5.41, 5.74) is 12.1. The topological polar surface area (TPSA) is 66.5 Å². The van der Waals surface area contributed by atoms with Crippen LogP contribution in [0.1, 0.15) is 21.6 Å². The molecular formula is C27H26N2O3. The lowest BCUT2D eigenvalue weighted by Gasteiger charge is -2.17. The fraction of sp³-hybridized carbons (Fsp3) is 0.148. The maximum absolute atomic E-state index is 12.1. The lowest BCUT2D eigenvalue weighted by Crippen LogP contribution is -2.13. The minimum absolute atomic E-state index is 0.444. The average molecular weight is 427 g/mol. The van der Waals surface area contributed by atoms with Gasteiger partial charge in [-0.3, -0.25) is 4.79 Å². The number of para-hydroxylation sites is 1. The van der Waals surface area contributed by atoms with E-state index < -0.39 is 5.91 Å². The summed E-state index contributed by atoms with van der Waals surface area (Å²) in [7, 11) is 3.25. The molecule has 0 fully saturated rings. The molecule has 162 valence electrons. The zero-order valence-electron chi connectivity index (χ0n) is 18.5. The van der Waals surface area contributed by atoms with Gasteiger partial charge < -0.3 is 19.8 Å². The number of primary amides is 1. The van der Waals surface area contributed by atoms with E-state index in [-0.39, 0.29) is 0 Å². The summed E-state index contributed by atoms with van der Waals surface area (Å²) in [6, 6.07) is 26.2. The van der Waals surface area contributed by atoms with E-state index in [0.29, 0.717) is 23.6 Å². The Balaban J connectivity index is 1.79. The molecule has 1 heterocycles. The molecule has 1 aromatic heterocycles. The van der Waals surface area contributed by atoms with E-state index >= 15 is 0 Å². The molecule has 0 radical (unpaired) electrons. The van der Waals surface area contributed by atoms with Crippen molar-refractivity contribution in [3.05, 3.63) is 95.7 Å². The molecule has 2 N–H and O–H groups in total. The Morgan fingerprint density at radius 1 is 0.844 bits per heavy atom. The smallest absolute Gasteiger partial charge is 0.250 e. The molecule has 32 heavy (non-hydrogen) atoms. The molecule has 4 aromatic rings. The summed E-state index contributed by atoms with van der Waals surface area (Å²) in [4.78, 5) is 12.1. The second-order valence-electron chi connectivity index (χ2n) is 7.58. The molecule has 0 unspecified atom stereocenters. The monoisotopic (exact) mass is 426 g/mol. The third kappa shape index (κ3) is 3.97. The van der Waals surface area contributed by atoms with Crippen molar-refractivity contribution in [3.8, 4) is 33.9 Å². The molecule has 5 nitrogen and oxygen atoms in total. The molecule has 0 atom stereocenters. The second kappa shape index (κ2) is 9.02. The van der Waals surface area contributed by atoms with Crippen molar-refractivity contribution in [3.63, 3.8) is 0 Å². The van der Waals surface area contributed by atoms with Crippen LogP contribution in [0.15, 0.2) is 78.9 Å². The highest BCUT2D eigenvalue weighted by molar-refractivity contribution is 5.95. The molecule has 0 spiro atoms. The van der Waals surface area contributed by atoms with Crippen LogP contribution in [0.3, 0.4) is 0 Å². The summed E-state index contributed by atoms with van der Waals surface area (Å²) in [5.74, 6) is 0.897. The number of benzene rings is 3. The minimum Gasteiger partial charge on any atom is -0.493 e. The predicted octanol–water partition coefficient (Wildman–Crippen LogP) is 5.29. The first kappa shape index (κ1) is 21.2. The van der Waals surface area contributed by atoms with E-state index in [1.54, 1.807) is 14.2 Å². The standard InChI is InChI=1S/C27H26N2O3/c1-18-23(27(28)30)16-24(21-14-12-20(13-15-21)19-8-5-4-6-9-19)29(18)17-22-10-7-11-25(31-2)26(22)32-3/h4-16H,17H2,1-3H3,(H2,28,30). The molecule has 5 heteroatoms. The molecule has 0 aliphatic rings. The van der Waals surface area contributed by atoms with Gasteiger partial charge in [0.25, 0.3) is 5.91 Å². The van der Waals surface area contributed by atoms with Gasteiger partial charge in [0.05, 0.1) is 26.3 Å². The van der Waals surface area contributed by atoms with Crippen LogP contribution >= 0.6 is 0 Å². The Hall–Kier alpha value is -3.99. The maximum Gasteiger partial charge on any atom is 0.250 e. The number of rotatable bonds is 7. The van der Waals surface area contributed by atoms with Crippen molar-refractivity contribution in [1.29, 1.82) is 0 Å². The molecule has 0 aliphatic carbocycles. The maximum atomic E-state index is 12.1. The highest BCUT2D eigenvalue weighted by atomic mass is 16.5. The van der Waals surface area contributed by atoms with Crippen LogP contribution < -0.4 is 15.2 Å². The van der Waals surface area contributed by atoms with Gasteiger partial charge in [0.2, 0.25) is 0 Å². The molecule has 0 bridgehead atoms. The van der Waals surface area contributed by atoms with Gasteiger partial charge in [0, 0.05) is 17.0 Å². The number of methoxy groups -OCH3 is 2. The van der Waals surface area contributed by atoms with E-state index in [9.17, 15) is 4.79 Å². The Labute approximate surface area is 188 Å². The molecule has 1 amide bonds. The first-order valence-electron chi connectivity index (χ1n) is 10.4. The van der Waals surface area contributed by atoms with Crippen molar-refractivity contribution >= 4 is 5.91 Å². The molecule has 4 rings (SSSR count). The van der Waals surface area contributed by atoms with Gasteiger partial charge in [-0.15, -0.1) is 0 Å². The Kier molecular flexibility index (Phi) is 5.99. The van der Waals surface area contributed by atoms with Gasteiger partial charge in [0.1, 0.15) is 0 Å². The van der Waals surface area contributed by atoms with Gasteiger partial charge in [-0.1, -0.05) is 66.7 Å². The second-order valence-corrected chi connectivity index (χ2v) is 7.58. The van der Waals surface area contributed by atoms with Gasteiger partial charge >= 0.3 is 0 Å². The number of amides is 1. The summed E-state index contributed by atoms with van der Waals surface area (Å²) in [6.45, 7) is 2.42. The largest absolute Gasteiger partial charge is 0.493 e. The number of hydrogen-bond donors (Lipinski definition) is 1. The van der Waals surface area contributed by atoms with Crippen LogP contribution in [-0.2, 0) is 6.54 Å². The Morgan fingerprint density at radius 3 is 2.12 bits per heavy atom. The SMILES string of the molecule is COc1cccc(Cn2c(-c3ccc(-c4ccccc4)cc3)cc(C(N)=O)c2C)c1OC. The molecule has 0 aliphatic heterocycles. The number of carbonyl (C=O) groups excluding carboxylic acids is 1. The van der Waals surface area contributed by atoms with E-state index in [0.717, 1.165) is 33.6 Å². The first-order valence-corrected chi connectivity index (χ1v) is 10.4. The zero-order chi connectivity index (χ0) is 22.7. The minimum atomic E-state index is -0.444. The lowest BCUT2D eigenvalue weighted by molar-refractivity contribution is 0.0999. The van der Waals surface area contributed by atoms with Gasteiger partial charge in [-0.25, -0.2) is 0 Å². The van der Waals surface area contributed by atoms with Crippen LogP contribution in [0.2, 0.25) is 0 Å². The van der Waals surface area contributed by atoms with Crippen molar-refractivity contribution in [2.75, 3.05) is 14.2 Å². The summed E-state index contributed by atoms with van der Waals surface area (Å²) < 4.78 is 13.2. The fourth-order valence-corrected chi connectivity index (χ4v) is 4.05. The highest BCUT2D eigenvalue weighted by Crippen LogP contribution is 2.34. The van der Waals surface area contributed by atoms with Crippen LogP contribution in [-0.4, -0.2) is 24.7 Å². The van der Waals surface area contributed by atoms with Crippen molar-refractivity contribution < 1.29 is 14.3 Å². The quantitative estimate of drug-likeness (QED) is 0.436. The number of carbonyl (C=O) groups is 1. The molecule has 0 saturated carbocycles. The number of ether oxygens (including phenoxy) is 2. The predicted molar refractivity (Wildman–Crippen MR) is 127 cm³/mol. The average Bonchev–Trinajstić information content (AvgIpc) is 3.15. The van der Waals surface area contributed by atoms with Gasteiger partial charge in [-0.2, -0.15) is 0 Å². The lowest BCUT2D eigenvalue weighted by atomic mass is 10.0. The third-order valence-electron chi connectivity index (χ3n) is 5.73. The van der Waals surface area contributed by atoms with Crippen molar-refractivity contribution in [1.82, 2.24) is 4.57 Å². The van der Waals surface area contributed by atoms with E-state index in [1.165, 1.54) is 0 Å². The summed E-state index contributed by atoms with van der Waals surface area (Å²) in [5, 5.41) is 0. The number of aromatic nitrogens is 1. The number of nitrogens with zero attached hydrogens (tertiary/aromatic N) is 1. The van der Waals surface area contributed by atoms with E-state index in [4.69, 9.17) is 15.2 Å². The summed E-state index contributed by atoms with van der Waals surface area (Å²) in [6.07, 6.45) is 0. The molecule has 3 aromatic carbocycles. The van der Waals surface area contributed by atoms with Crippen molar-refractivity contribution in [2.24, 2.45) is 5.73 Å². The fourth-order valence-electron chi connectivity index (χ4n) is 4.05. The highest BCUT2D eigenvalue weighted by Gasteiger charge is 2.19. The summed E-state index contributed by atoms with van der Waals surface area (Å²) >= 11 is 0. The Morgan fingerprint density at radius 2 is 1.50 bits per heavy atom. The van der Waals surface area contributed by atoms with Gasteiger partial charge in [-0.05, 0) is 35.7 Å². The molecular weight excluding hydrogens is 400 g/mol. The third-order valence-corrected chi connectivity index (χ3v) is 5.73. The first-order chi connectivity index (χ1) is 15.5. The van der Waals surface area contributed by atoms with Gasteiger partial charge in [0.15, 0.2) is 11.5 Å². The van der Waals surface area contributed by atoms with E-state index in [2.05, 4.69) is 41.0 Å². The van der Waals surface area contributed by atoms with Crippen LogP contribution in [0.25, 0.3) is 22.4 Å². The van der Waals surface area contributed by atoms with Crippen molar-refractivity contribution in [2.45, 2.75) is 13.5 Å². The molecule has 0 saturated heterocycles. The van der Waals surface area contributed by atoms with E-state index in [1.807, 2.05) is 49.4 Å².